The molecule has 44 heavy (non-hydrogen) atoms. The number of rotatable bonds is 12. The van der Waals surface area contributed by atoms with Crippen molar-refractivity contribution in [2.75, 3.05) is 13.7 Å². The van der Waals surface area contributed by atoms with Crippen LogP contribution in [0.2, 0.25) is 0 Å². The molecule has 2 atom stereocenters. The van der Waals surface area contributed by atoms with Gasteiger partial charge in [0.2, 0.25) is 0 Å². The quantitative estimate of drug-likeness (QED) is 0.151. The smallest absolute Gasteiger partial charge is 0.333 e. The summed E-state index contributed by atoms with van der Waals surface area (Å²) >= 11 is 1.09. The number of hydrogen-bond acceptors (Lipinski definition) is 10. The molecule has 0 amide bonds. The molecule has 0 aliphatic heterocycles. The fraction of sp³-hybridized carbons (Fsp3) is 0.267. The van der Waals surface area contributed by atoms with Gasteiger partial charge in [-0.25, -0.2) is 18.5 Å². The molecule has 1 unspecified atom stereocenters. The van der Waals surface area contributed by atoms with E-state index in [2.05, 4.69) is 10.2 Å². The molecule has 0 spiro atoms. The number of aromatic nitrogens is 5. The maximum Gasteiger partial charge on any atom is 0.333 e. The van der Waals surface area contributed by atoms with E-state index in [1.54, 1.807) is 31.2 Å². The van der Waals surface area contributed by atoms with E-state index in [0.29, 0.717) is 16.9 Å². The maximum absolute atomic E-state index is 14.4. The van der Waals surface area contributed by atoms with Crippen molar-refractivity contribution in [3.05, 3.63) is 104 Å². The molecule has 0 radical (unpaired) electrons. The predicted molar refractivity (Wildman–Crippen MR) is 159 cm³/mol. The molecule has 0 saturated heterocycles. The highest BCUT2D eigenvalue weighted by Gasteiger charge is 2.29. The minimum atomic E-state index is -1.31. The van der Waals surface area contributed by atoms with Crippen LogP contribution < -0.4 is 16.0 Å². The average molecular weight is 622 g/mol. The van der Waals surface area contributed by atoms with Crippen LogP contribution in [0.4, 0.5) is 4.39 Å². The number of halogens is 1. The van der Waals surface area contributed by atoms with Gasteiger partial charge in [0, 0.05) is 11.1 Å². The second kappa shape index (κ2) is 13.1. The normalized spacial score (nSPS) is 12.6. The van der Waals surface area contributed by atoms with Gasteiger partial charge in [0.15, 0.2) is 0 Å². The first kappa shape index (κ1) is 30.5. The fourth-order valence-corrected chi connectivity index (χ4v) is 6.06. The molecule has 12 nitrogen and oxygen atoms in total. The molecule has 3 heterocycles. The molecule has 0 N–H and O–H groups in total. The third-order valence-electron chi connectivity index (χ3n) is 7.02. The van der Waals surface area contributed by atoms with Gasteiger partial charge in [0.25, 0.3) is 5.56 Å². The van der Waals surface area contributed by atoms with E-state index in [0.717, 1.165) is 21.5 Å². The van der Waals surface area contributed by atoms with Gasteiger partial charge in [-0.1, -0.05) is 41.7 Å². The molecule has 0 fully saturated rings. The molecule has 5 rings (SSSR count). The first-order valence-corrected chi connectivity index (χ1v) is 14.3. The molecule has 0 bridgehead atoms. The van der Waals surface area contributed by atoms with Gasteiger partial charge < -0.3 is 19.0 Å². The zero-order chi connectivity index (χ0) is 31.4. The summed E-state index contributed by atoms with van der Waals surface area (Å²) in [7, 11) is 1.40. The van der Waals surface area contributed by atoms with Crippen LogP contribution in [0, 0.1) is 12.7 Å². The minimum absolute atomic E-state index is 0.0528. The van der Waals surface area contributed by atoms with E-state index in [-0.39, 0.29) is 41.3 Å². The van der Waals surface area contributed by atoms with Crippen LogP contribution in [0.5, 0.6) is 5.75 Å². The van der Waals surface area contributed by atoms with E-state index in [4.69, 9.17) is 14.2 Å². The zero-order valence-corrected chi connectivity index (χ0v) is 24.8. The van der Waals surface area contributed by atoms with E-state index < -0.39 is 35.2 Å². The second-order valence-corrected chi connectivity index (χ2v) is 10.7. The Labute approximate surface area is 253 Å². The van der Waals surface area contributed by atoms with Crippen LogP contribution in [0.25, 0.3) is 15.2 Å². The van der Waals surface area contributed by atoms with E-state index >= 15 is 0 Å². The number of esters is 1. The third-order valence-corrected chi connectivity index (χ3v) is 8.30. The van der Waals surface area contributed by atoms with E-state index in [9.17, 15) is 23.6 Å². The summed E-state index contributed by atoms with van der Waals surface area (Å²) in [4.78, 5) is 54.1. The van der Waals surface area contributed by atoms with E-state index in [1.165, 1.54) is 54.0 Å². The van der Waals surface area contributed by atoms with Gasteiger partial charge >= 0.3 is 11.7 Å². The highest BCUT2D eigenvalue weighted by molar-refractivity contribution is 7.21. The summed E-state index contributed by atoms with van der Waals surface area (Å²) < 4.78 is 33.1. The van der Waals surface area contributed by atoms with Crippen LogP contribution >= 0.6 is 11.3 Å². The summed E-state index contributed by atoms with van der Waals surface area (Å²) in [5.41, 5.74) is -0.0799. The number of aryl methyl sites for hydroxylation is 1. The first-order chi connectivity index (χ1) is 21.2. The SMILES string of the molecule is COc1ccc(F)cc1[C@@H](Cn1c(=O)n(C(C)C(=O)OCc2ccccc2)c(=O)c2c(C)c(-n3nccn3)sc21)OCC=O. The van der Waals surface area contributed by atoms with Crippen LogP contribution in [0.15, 0.2) is 70.5 Å². The lowest BCUT2D eigenvalue weighted by molar-refractivity contribution is -0.148. The molecule has 5 aromatic rings. The summed E-state index contributed by atoms with van der Waals surface area (Å²) in [6, 6.07) is 11.5. The number of methoxy groups -OCH3 is 1. The molecule has 0 aliphatic rings. The number of carbonyl (C=O) groups is 2. The monoisotopic (exact) mass is 621 g/mol. The lowest BCUT2D eigenvalue weighted by atomic mass is 10.1. The van der Waals surface area contributed by atoms with Crippen molar-refractivity contribution in [2.45, 2.75) is 39.1 Å². The molecule has 2 aromatic carbocycles. The number of benzene rings is 2. The number of thiophene rings is 1. The number of carbonyl (C=O) groups excluding carboxylic acids is 2. The van der Waals surface area contributed by atoms with Gasteiger partial charge in [-0.15, -0.1) is 4.80 Å². The lowest BCUT2D eigenvalue weighted by Gasteiger charge is -2.22. The van der Waals surface area contributed by atoms with Crippen molar-refractivity contribution in [2.24, 2.45) is 0 Å². The van der Waals surface area contributed by atoms with Crippen molar-refractivity contribution >= 4 is 33.8 Å². The van der Waals surface area contributed by atoms with Crippen LogP contribution in [-0.4, -0.2) is 50.1 Å². The van der Waals surface area contributed by atoms with Crippen molar-refractivity contribution < 1.29 is 28.2 Å². The molecule has 228 valence electrons. The largest absolute Gasteiger partial charge is 0.496 e. The summed E-state index contributed by atoms with van der Waals surface area (Å²) in [6.45, 7) is 2.41. The number of hydrogen-bond donors (Lipinski definition) is 0. The predicted octanol–water partition coefficient (Wildman–Crippen LogP) is 3.52. The fourth-order valence-electron chi connectivity index (χ4n) is 4.84. The highest BCUT2D eigenvalue weighted by Crippen LogP contribution is 2.34. The van der Waals surface area contributed by atoms with Crippen LogP contribution in [-0.2, 0) is 32.2 Å². The molecule has 14 heteroatoms. The van der Waals surface area contributed by atoms with Gasteiger partial charge in [0.05, 0.1) is 31.4 Å². The lowest BCUT2D eigenvalue weighted by Crippen LogP contribution is -2.44. The van der Waals surface area contributed by atoms with Gasteiger partial charge in [-0.3, -0.25) is 9.36 Å². The average Bonchev–Trinajstić information content (AvgIpc) is 3.68. The zero-order valence-electron chi connectivity index (χ0n) is 24.0. The van der Waals surface area contributed by atoms with Crippen LogP contribution in [0.3, 0.4) is 0 Å². The number of fused-ring (bicyclic) bond motifs is 1. The Balaban J connectivity index is 1.67. The Hall–Kier alpha value is -4.95. The van der Waals surface area contributed by atoms with Crippen molar-refractivity contribution in [3.63, 3.8) is 0 Å². The first-order valence-electron chi connectivity index (χ1n) is 13.5. The Bertz CT molecular complexity index is 1920. The molecule has 0 saturated carbocycles. The van der Waals surface area contributed by atoms with Gasteiger partial charge in [-0.05, 0) is 37.6 Å². The molecule has 0 aliphatic carbocycles. The standard InChI is InChI=1S/C30H28FN5O7S/c1-18-25-26(38)35(19(2)29(39)43-17-20-7-5-4-6-8-20)30(40)34(28(25)44-27(18)36-32-11-12-33-36)16-24(42-14-13-37)22-15-21(31)9-10-23(22)41-3/h4-13,15,19,24H,14,16-17H2,1-3H3/t19?,24-/m1/s1. The number of nitrogens with zero attached hydrogens (tertiary/aromatic N) is 5. The van der Waals surface area contributed by atoms with E-state index in [1.807, 2.05) is 6.07 Å². The molecular formula is C30H28FN5O7S. The second-order valence-electron chi connectivity index (χ2n) is 9.74. The number of aldehydes is 1. The minimum Gasteiger partial charge on any atom is -0.496 e. The van der Waals surface area contributed by atoms with Crippen LogP contribution in [0.1, 0.15) is 35.8 Å². The van der Waals surface area contributed by atoms with Gasteiger partial charge in [0.1, 0.15) is 53.0 Å². The van der Waals surface area contributed by atoms with Crippen molar-refractivity contribution in [1.29, 1.82) is 0 Å². The van der Waals surface area contributed by atoms with Crippen molar-refractivity contribution in [1.82, 2.24) is 24.1 Å². The summed E-state index contributed by atoms with van der Waals surface area (Å²) in [5, 5.41) is 8.97. The Morgan fingerprint density at radius 1 is 1.11 bits per heavy atom. The highest BCUT2D eigenvalue weighted by atomic mass is 32.1. The Morgan fingerprint density at radius 2 is 1.84 bits per heavy atom. The third kappa shape index (κ3) is 5.94. The molecule has 3 aromatic heterocycles. The Kier molecular flexibility index (Phi) is 9.11. The summed E-state index contributed by atoms with van der Waals surface area (Å²) in [6.07, 6.45) is 2.41. The number of ether oxygens (including phenoxy) is 3. The van der Waals surface area contributed by atoms with Gasteiger partial charge in [-0.2, -0.15) is 10.2 Å². The maximum atomic E-state index is 14.4. The summed E-state index contributed by atoms with van der Waals surface area (Å²) in [5.74, 6) is -1.11. The molecular weight excluding hydrogens is 593 g/mol. The van der Waals surface area contributed by atoms with Crippen molar-refractivity contribution in [3.8, 4) is 10.8 Å². The Morgan fingerprint density at radius 3 is 2.52 bits per heavy atom. The topological polar surface area (TPSA) is 137 Å².